The molecule has 28 heavy (non-hydrogen) atoms. The Morgan fingerprint density at radius 1 is 1.11 bits per heavy atom. The van der Waals surface area contributed by atoms with Gasteiger partial charge in [-0.05, 0) is 49.1 Å². The number of carbonyl (C=O) groups is 1. The minimum absolute atomic E-state index is 0.295. The average Bonchev–Trinajstić information content (AvgIpc) is 2.69. The van der Waals surface area contributed by atoms with Crippen molar-refractivity contribution in [2.24, 2.45) is 0 Å². The van der Waals surface area contributed by atoms with Gasteiger partial charge in [0, 0.05) is 6.54 Å². The van der Waals surface area contributed by atoms with E-state index in [9.17, 15) is 13.2 Å². The van der Waals surface area contributed by atoms with E-state index in [4.69, 9.17) is 4.74 Å². The molecular weight excluding hydrogens is 376 g/mol. The van der Waals surface area contributed by atoms with Gasteiger partial charge in [-0.25, -0.2) is 8.42 Å². The van der Waals surface area contributed by atoms with E-state index in [-0.39, 0.29) is 5.91 Å². The molecule has 0 saturated heterocycles. The van der Waals surface area contributed by atoms with Gasteiger partial charge in [-0.2, -0.15) is 0 Å². The Morgan fingerprint density at radius 2 is 1.75 bits per heavy atom. The molecule has 0 bridgehead atoms. The molecule has 2 rings (SSSR count). The van der Waals surface area contributed by atoms with Crippen LogP contribution in [-0.4, -0.2) is 40.3 Å². The first-order valence-corrected chi connectivity index (χ1v) is 11.2. The average molecular weight is 405 g/mol. The summed E-state index contributed by atoms with van der Waals surface area (Å²) in [6.45, 7) is 2.29. The maximum Gasteiger partial charge on any atom is 0.243 e. The number of amides is 1. The Hall–Kier alpha value is -2.54. The van der Waals surface area contributed by atoms with E-state index in [0.717, 1.165) is 19.1 Å². The number of carbonyl (C=O) groups excluding carboxylic acids is 1. The lowest BCUT2D eigenvalue weighted by Gasteiger charge is -2.30. The minimum atomic E-state index is -3.64. The summed E-state index contributed by atoms with van der Waals surface area (Å²) in [5.74, 6) is 0.326. The van der Waals surface area contributed by atoms with Crippen LogP contribution in [-0.2, 0) is 21.2 Å². The molecule has 152 valence electrons. The molecule has 1 N–H and O–H groups in total. The van der Waals surface area contributed by atoms with Crippen molar-refractivity contribution in [3.63, 3.8) is 0 Å². The van der Waals surface area contributed by atoms with Gasteiger partial charge >= 0.3 is 0 Å². The lowest BCUT2D eigenvalue weighted by atomic mass is 10.1. The van der Waals surface area contributed by atoms with Crippen molar-refractivity contribution in [3.05, 3.63) is 60.2 Å². The second kappa shape index (κ2) is 10.1. The lowest BCUT2D eigenvalue weighted by molar-refractivity contribution is -0.122. The van der Waals surface area contributed by atoms with Crippen molar-refractivity contribution >= 4 is 21.6 Å². The van der Waals surface area contributed by atoms with Crippen molar-refractivity contribution in [2.75, 3.05) is 24.2 Å². The van der Waals surface area contributed by atoms with Crippen molar-refractivity contribution in [2.45, 2.75) is 32.2 Å². The molecule has 1 amide bonds. The van der Waals surface area contributed by atoms with Crippen molar-refractivity contribution in [1.29, 1.82) is 0 Å². The monoisotopic (exact) mass is 404 g/mol. The van der Waals surface area contributed by atoms with Gasteiger partial charge in [0.2, 0.25) is 15.9 Å². The van der Waals surface area contributed by atoms with Gasteiger partial charge in [0.1, 0.15) is 11.8 Å². The highest BCUT2D eigenvalue weighted by molar-refractivity contribution is 7.92. The first kappa shape index (κ1) is 21.8. The number of sulfonamides is 1. The molecule has 1 unspecified atom stereocenters. The second-order valence-corrected chi connectivity index (χ2v) is 8.42. The summed E-state index contributed by atoms with van der Waals surface area (Å²) < 4.78 is 31.1. The predicted molar refractivity (Wildman–Crippen MR) is 112 cm³/mol. The number of nitrogens with one attached hydrogen (secondary N) is 1. The van der Waals surface area contributed by atoms with Crippen LogP contribution in [0.5, 0.6) is 5.75 Å². The molecule has 0 radical (unpaired) electrons. The van der Waals surface area contributed by atoms with Crippen LogP contribution in [0.15, 0.2) is 54.6 Å². The number of anilines is 1. The first-order valence-electron chi connectivity index (χ1n) is 9.32. The highest BCUT2D eigenvalue weighted by Crippen LogP contribution is 2.25. The van der Waals surface area contributed by atoms with Crippen LogP contribution in [0.25, 0.3) is 0 Å². The summed E-state index contributed by atoms with van der Waals surface area (Å²) in [6.07, 6.45) is 3.12. The molecule has 0 saturated carbocycles. The molecule has 6 nitrogen and oxygen atoms in total. The summed E-state index contributed by atoms with van der Waals surface area (Å²) in [5.41, 5.74) is 1.65. The largest absolute Gasteiger partial charge is 0.497 e. The smallest absolute Gasteiger partial charge is 0.243 e. The SMILES string of the molecule is CCC(C(=O)NCCCc1ccccc1)N(c1ccc(OC)cc1)S(C)(=O)=O. The molecule has 0 fully saturated rings. The highest BCUT2D eigenvalue weighted by atomic mass is 32.2. The number of hydrogen-bond donors (Lipinski definition) is 1. The Morgan fingerprint density at radius 3 is 2.29 bits per heavy atom. The molecule has 0 aliphatic carbocycles. The van der Waals surface area contributed by atoms with Crippen LogP contribution in [0.4, 0.5) is 5.69 Å². The van der Waals surface area contributed by atoms with Crippen LogP contribution in [0.1, 0.15) is 25.3 Å². The zero-order valence-electron chi connectivity index (χ0n) is 16.6. The molecule has 2 aromatic carbocycles. The van der Waals surface area contributed by atoms with Gasteiger partial charge in [-0.15, -0.1) is 0 Å². The van der Waals surface area contributed by atoms with Gasteiger partial charge < -0.3 is 10.1 Å². The van der Waals surface area contributed by atoms with Gasteiger partial charge in [0.05, 0.1) is 19.1 Å². The maximum atomic E-state index is 12.7. The number of benzene rings is 2. The molecule has 7 heteroatoms. The Bertz CT molecular complexity index is 852. The maximum absolute atomic E-state index is 12.7. The molecule has 2 aromatic rings. The van der Waals surface area contributed by atoms with Crippen LogP contribution >= 0.6 is 0 Å². The summed E-state index contributed by atoms with van der Waals surface area (Å²) >= 11 is 0. The third kappa shape index (κ3) is 5.99. The Labute approximate surface area is 167 Å². The minimum Gasteiger partial charge on any atom is -0.497 e. The first-order chi connectivity index (χ1) is 13.4. The van der Waals surface area contributed by atoms with Crippen molar-refractivity contribution in [3.8, 4) is 5.75 Å². The zero-order valence-corrected chi connectivity index (χ0v) is 17.4. The number of ether oxygens (including phenoxy) is 1. The second-order valence-electron chi connectivity index (χ2n) is 6.56. The molecule has 0 aliphatic rings. The van der Waals surface area contributed by atoms with Gasteiger partial charge in [-0.3, -0.25) is 9.10 Å². The summed E-state index contributed by atoms with van der Waals surface area (Å²) in [5, 5.41) is 2.88. The molecular formula is C21H28N2O4S. The number of aryl methyl sites for hydroxylation is 1. The van der Waals surface area contributed by atoms with Crippen molar-refractivity contribution < 1.29 is 17.9 Å². The normalized spacial score (nSPS) is 12.2. The van der Waals surface area contributed by atoms with Crippen LogP contribution in [0.3, 0.4) is 0 Å². The van der Waals surface area contributed by atoms with Crippen molar-refractivity contribution in [1.82, 2.24) is 5.32 Å². The molecule has 0 aromatic heterocycles. The van der Waals surface area contributed by atoms with E-state index in [0.29, 0.717) is 24.4 Å². The Kier molecular flexibility index (Phi) is 7.87. The predicted octanol–water partition coefficient (Wildman–Crippen LogP) is 2.99. The quantitative estimate of drug-likeness (QED) is 0.618. The van der Waals surface area contributed by atoms with E-state index < -0.39 is 16.1 Å². The van der Waals surface area contributed by atoms with Crippen LogP contribution < -0.4 is 14.4 Å². The van der Waals surface area contributed by atoms with Crippen LogP contribution in [0.2, 0.25) is 0 Å². The van der Waals surface area contributed by atoms with Gasteiger partial charge in [0.15, 0.2) is 0 Å². The summed E-state index contributed by atoms with van der Waals surface area (Å²) in [4.78, 5) is 12.7. The summed E-state index contributed by atoms with van der Waals surface area (Å²) in [7, 11) is -2.09. The molecule has 1 atom stereocenters. The Balaban J connectivity index is 2.06. The highest BCUT2D eigenvalue weighted by Gasteiger charge is 2.31. The topological polar surface area (TPSA) is 75.7 Å². The standard InChI is InChI=1S/C21H28N2O4S/c1-4-20(21(24)22-16-8-11-17-9-6-5-7-10-17)23(28(3,25)26)18-12-14-19(27-2)15-13-18/h5-7,9-10,12-15,20H,4,8,11,16H2,1-3H3,(H,22,24). The molecule has 0 spiro atoms. The number of methoxy groups -OCH3 is 1. The summed E-state index contributed by atoms with van der Waals surface area (Å²) in [6, 6.07) is 15.9. The number of rotatable bonds is 10. The zero-order chi connectivity index (χ0) is 20.6. The fourth-order valence-corrected chi connectivity index (χ4v) is 4.27. The van der Waals surface area contributed by atoms with Gasteiger partial charge in [0.25, 0.3) is 0 Å². The number of hydrogen-bond acceptors (Lipinski definition) is 4. The fourth-order valence-electron chi connectivity index (χ4n) is 3.06. The molecule has 0 heterocycles. The third-order valence-electron chi connectivity index (χ3n) is 4.44. The fraction of sp³-hybridized carbons (Fsp3) is 0.381. The van der Waals surface area contributed by atoms with Crippen LogP contribution in [0, 0.1) is 0 Å². The van der Waals surface area contributed by atoms with E-state index in [1.807, 2.05) is 30.3 Å². The lowest BCUT2D eigenvalue weighted by Crippen LogP contribution is -2.49. The van der Waals surface area contributed by atoms with E-state index in [1.165, 1.54) is 9.87 Å². The van der Waals surface area contributed by atoms with E-state index in [2.05, 4.69) is 5.32 Å². The molecule has 0 aliphatic heterocycles. The number of nitrogens with zero attached hydrogens (tertiary/aromatic N) is 1. The van der Waals surface area contributed by atoms with E-state index >= 15 is 0 Å². The van der Waals surface area contributed by atoms with E-state index in [1.54, 1.807) is 38.3 Å². The third-order valence-corrected chi connectivity index (χ3v) is 5.62. The van der Waals surface area contributed by atoms with Gasteiger partial charge in [-0.1, -0.05) is 37.3 Å².